The highest BCUT2D eigenvalue weighted by Crippen LogP contribution is 2.23. The third-order valence-electron chi connectivity index (χ3n) is 4.17. The van der Waals surface area contributed by atoms with E-state index >= 15 is 0 Å². The van der Waals surface area contributed by atoms with Gasteiger partial charge in [0.2, 0.25) is 5.91 Å². The molecule has 0 spiro atoms. The molecule has 152 valence electrons. The summed E-state index contributed by atoms with van der Waals surface area (Å²) in [4.78, 5) is 23.7. The van der Waals surface area contributed by atoms with E-state index in [2.05, 4.69) is 10.4 Å². The first-order chi connectivity index (χ1) is 13.5. The molecule has 0 aliphatic carbocycles. The smallest absolute Gasteiger partial charge is 0.327 e. The van der Waals surface area contributed by atoms with Crippen LogP contribution in [0.15, 0.2) is 71.6 Å². The third-order valence-corrected chi connectivity index (χ3v) is 4.17. The fourth-order valence-electron chi connectivity index (χ4n) is 2.74. The van der Waals surface area contributed by atoms with Crippen LogP contribution in [-0.2, 0) is 11.3 Å². The van der Waals surface area contributed by atoms with Crippen molar-refractivity contribution in [1.82, 2.24) is 14.3 Å². The van der Waals surface area contributed by atoms with Crippen molar-refractivity contribution in [2.75, 3.05) is 11.9 Å². The van der Waals surface area contributed by atoms with Crippen LogP contribution < -0.4 is 16.7 Å². The lowest BCUT2D eigenvalue weighted by Crippen LogP contribution is -2.25. The van der Waals surface area contributed by atoms with Gasteiger partial charge in [-0.3, -0.25) is 4.79 Å². The van der Waals surface area contributed by atoms with Crippen LogP contribution >= 0.6 is 12.4 Å². The standard InChI is InChI=1S/C20H20FN5O2.ClH/c1-14(27)24-18-7-5-16(6-8-18)17-3-2-4-19(9-17)25-13-23-26(20(25)28)12-15(10-21)11-22;/h2-10,13H,11-12,22H2,1H3,(H,24,27);1H/b15-10-;. The molecule has 0 fully saturated rings. The molecule has 1 aromatic heterocycles. The van der Waals surface area contributed by atoms with Crippen molar-refractivity contribution in [3.63, 3.8) is 0 Å². The first kappa shape index (κ1) is 22.1. The number of nitrogens with one attached hydrogen (secondary N) is 1. The Morgan fingerprint density at radius 1 is 1.21 bits per heavy atom. The summed E-state index contributed by atoms with van der Waals surface area (Å²) in [5.41, 5.74) is 8.51. The molecule has 1 heterocycles. The quantitative estimate of drug-likeness (QED) is 0.644. The number of hydrogen-bond donors (Lipinski definition) is 2. The number of halogens is 2. The van der Waals surface area contributed by atoms with E-state index in [0.29, 0.717) is 17.7 Å². The minimum atomic E-state index is -0.383. The summed E-state index contributed by atoms with van der Waals surface area (Å²) < 4.78 is 15.3. The average molecular weight is 418 g/mol. The first-order valence-corrected chi connectivity index (χ1v) is 8.63. The number of carbonyl (C=O) groups excluding carboxylic acids is 1. The van der Waals surface area contributed by atoms with Crippen LogP contribution in [0.5, 0.6) is 0 Å². The topological polar surface area (TPSA) is 94.9 Å². The zero-order valence-corrected chi connectivity index (χ0v) is 16.5. The molecule has 29 heavy (non-hydrogen) atoms. The SMILES string of the molecule is CC(=O)Nc1ccc(-c2cccc(-n3cnn(C/C(=C\F)CN)c3=O)c2)cc1.Cl. The number of hydrogen-bond acceptors (Lipinski definition) is 4. The maximum atomic E-state index is 12.7. The van der Waals surface area contributed by atoms with Gasteiger partial charge >= 0.3 is 5.69 Å². The van der Waals surface area contributed by atoms with Gasteiger partial charge in [0.05, 0.1) is 18.6 Å². The van der Waals surface area contributed by atoms with Crippen LogP contribution in [0.3, 0.4) is 0 Å². The molecule has 2 aromatic carbocycles. The molecule has 0 saturated heterocycles. The summed E-state index contributed by atoms with van der Waals surface area (Å²) in [6, 6.07) is 14.8. The van der Waals surface area contributed by atoms with E-state index < -0.39 is 0 Å². The van der Waals surface area contributed by atoms with Gasteiger partial charge in [0.25, 0.3) is 0 Å². The average Bonchev–Trinajstić information content (AvgIpc) is 3.06. The minimum absolute atomic E-state index is 0. The first-order valence-electron chi connectivity index (χ1n) is 8.63. The van der Waals surface area contributed by atoms with Crippen LogP contribution in [0, 0.1) is 0 Å². The monoisotopic (exact) mass is 417 g/mol. The predicted octanol–water partition coefficient (Wildman–Crippen LogP) is 2.89. The number of amides is 1. The highest BCUT2D eigenvalue weighted by atomic mass is 35.5. The second kappa shape index (κ2) is 9.81. The number of benzene rings is 2. The Morgan fingerprint density at radius 3 is 2.55 bits per heavy atom. The Balaban J connectivity index is 0.00000300. The zero-order valence-electron chi connectivity index (χ0n) is 15.7. The van der Waals surface area contributed by atoms with E-state index in [1.165, 1.54) is 17.8 Å². The van der Waals surface area contributed by atoms with E-state index in [0.717, 1.165) is 15.8 Å². The minimum Gasteiger partial charge on any atom is -0.327 e. The molecule has 3 aromatic rings. The van der Waals surface area contributed by atoms with Gasteiger partial charge in [0.15, 0.2) is 0 Å². The van der Waals surface area contributed by atoms with Gasteiger partial charge in [0, 0.05) is 19.2 Å². The molecule has 9 heteroatoms. The number of anilines is 1. The van der Waals surface area contributed by atoms with Crippen molar-refractivity contribution < 1.29 is 9.18 Å². The number of aromatic nitrogens is 3. The fraction of sp³-hybridized carbons (Fsp3) is 0.150. The maximum absolute atomic E-state index is 12.7. The van der Waals surface area contributed by atoms with E-state index in [4.69, 9.17) is 5.73 Å². The summed E-state index contributed by atoms with van der Waals surface area (Å²) in [7, 11) is 0. The van der Waals surface area contributed by atoms with E-state index in [1.807, 2.05) is 42.5 Å². The Labute approximate surface area is 173 Å². The molecule has 0 aliphatic heterocycles. The van der Waals surface area contributed by atoms with Crippen LogP contribution in [0.1, 0.15) is 6.92 Å². The Bertz CT molecular complexity index is 1070. The van der Waals surface area contributed by atoms with Crippen LogP contribution in [0.25, 0.3) is 16.8 Å². The highest BCUT2D eigenvalue weighted by molar-refractivity contribution is 5.89. The van der Waals surface area contributed by atoms with Gasteiger partial charge in [-0.05, 0) is 41.0 Å². The largest absolute Gasteiger partial charge is 0.350 e. The van der Waals surface area contributed by atoms with Crippen molar-refractivity contribution in [1.29, 1.82) is 0 Å². The zero-order chi connectivity index (χ0) is 20.1. The molecule has 3 rings (SSSR count). The molecule has 1 amide bonds. The van der Waals surface area contributed by atoms with Crippen LogP contribution in [0.4, 0.5) is 10.1 Å². The van der Waals surface area contributed by atoms with Gasteiger partial charge in [-0.1, -0.05) is 24.3 Å². The summed E-state index contributed by atoms with van der Waals surface area (Å²) in [5, 5.41) is 6.75. The predicted molar refractivity (Wildman–Crippen MR) is 113 cm³/mol. The lowest BCUT2D eigenvalue weighted by molar-refractivity contribution is -0.114. The second-order valence-corrected chi connectivity index (χ2v) is 6.22. The number of nitrogens with two attached hydrogens (primary N) is 1. The fourth-order valence-corrected chi connectivity index (χ4v) is 2.74. The van der Waals surface area contributed by atoms with Crippen LogP contribution in [0.2, 0.25) is 0 Å². The Morgan fingerprint density at radius 2 is 1.93 bits per heavy atom. The summed E-state index contributed by atoms with van der Waals surface area (Å²) >= 11 is 0. The van der Waals surface area contributed by atoms with E-state index in [9.17, 15) is 14.0 Å². The van der Waals surface area contributed by atoms with E-state index in [-0.39, 0.29) is 42.7 Å². The molecule has 0 saturated carbocycles. The third kappa shape index (κ3) is 5.18. The lowest BCUT2D eigenvalue weighted by Gasteiger charge is -2.07. The molecule has 0 aliphatic rings. The van der Waals surface area contributed by atoms with Gasteiger partial charge in [-0.15, -0.1) is 12.4 Å². The molecular weight excluding hydrogens is 397 g/mol. The van der Waals surface area contributed by atoms with Crippen molar-refractivity contribution in [3.05, 3.63) is 77.2 Å². The molecule has 3 N–H and O–H groups in total. The normalized spacial score (nSPS) is 11.1. The summed E-state index contributed by atoms with van der Waals surface area (Å²) in [6.07, 6.45) is 1.80. The Hall–Kier alpha value is -3.23. The van der Waals surface area contributed by atoms with E-state index in [1.54, 1.807) is 6.07 Å². The van der Waals surface area contributed by atoms with Crippen LogP contribution in [-0.4, -0.2) is 26.8 Å². The molecule has 0 radical (unpaired) electrons. The number of nitrogens with zero attached hydrogens (tertiary/aromatic N) is 3. The number of carbonyl (C=O) groups is 1. The summed E-state index contributed by atoms with van der Waals surface area (Å²) in [5.74, 6) is -0.133. The van der Waals surface area contributed by atoms with Crippen molar-refractivity contribution >= 4 is 24.0 Å². The molecule has 0 atom stereocenters. The molecular formula is C20H21ClFN5O2. The van der Waals surface area contributed by atoms with Crippen molar-refractivity contribution in [3.8, 4) is 16.8 Å². The van der Waals surface area contributed by atoms with Gasteiger partial charge in [-0.2, -0.15) is 5.10 Å². The second-order valence-electron chi connectivity index (χ2n) is 6.22. The maximum Gasteiger partial charge on any atom is 0.350 e. The summed E-state index contributed by atoms with van der Waals surface area (Å²) in [6.45, 7) is 1.47. The molecule has 0 unspecified atom stereocenters. The van der Waals surface area contributed by atoms with Crippen molar-refractivity contribution in [2.45, 2.75) is 13.5 Å². The van der Waals surface area contributed by atoms with Gasteiger partial charge < -0.3 is 11.1 Å². The van der Waals surface area contributed by atoms with Gasteiger partial charge in [-0.25, -0.2) is 18.4 Å². The molecule has 0 bridgehead atoms. The highest BCUT2D eigenvalue weighted by Gasteiger charge is 2.09. The van der Waals surface area contributed by atoms with Crippen molar-refractivity contribution in [2.24, 2.45) is 5.73 Å². The number of rotatable bonds is 6. The molecule has 7 nitrogen and oxygen atoms in total. The Kier molecular flexibility index (Phi) is 7.46. The lowest BCUT2D eigenvalue weighted by atomic mass is 10.0. The van der Waals surface area contributed by atoms with Gasteiger partial charge in [0.1, 0.15) is 6.33 Å².